The van der Waals surface area contributed by atoms with Gasteiger partial charge in [-0.1, -0.05) is 43.0 Å². The van der Waals surface area contributed by atoms with Crippen molar-refractivity contribution in [2.24, 2.45) is 11.8 Å². The van der Waals surface area contributed by atoms with Gasteiger partial charge in [-0.25, -0.2) is 0 Å². The summed E-state index contributed by atoms with van der Waals surface area (Å²) in [5, 5.41) is 10.6. The Balaban J connectivity index is 2.36. The molecule has 5 nitrogen and oxygen atoms in total. The molecule has 1 aromatic carbocycles. The van der Waals surface area contributed by atoms with Gasteiger partial charge in [-0.3, -0.25) is 9.59 Å². The zero-order chi connectivity index (χ0) is 17.0. The van der Waals surface area contributed by atoms with Crippen molar-refractivity contribution in [2.75, 3.05) is 14.2 Å². The third kappa shape index (κ3) is 3.35. The van der Waals surface area contributed by atoms with Crippen molar-refractivity contribution in [1.82, 2.24) is 0 Å². The Morgan fingerprint density at radius 1 is 1.17 bits per heavy atom. The van der Waals surface area contributed by atoms with E-state index in [1.54, 1.807) is 18.2 Å². The second-order valence-corrected chi connectivity index (χ2v) is 5.36. The Labute approximate surface area is 135 Å². The molecular weight excluding hydrogens is 296 g/mol. The highest BCUT2D eigenvalue weighted by Gasteiger charge is 2.41. The summed E-state index contributed by atoms with van der Waals surface area (Å²) in [5.74, 6) is -2.60. The Bertz CT molecular complexity index is 632. The van der Waals surface area contributed by atoms with Gasteiger partial charge in [-0.2, -0.15) is 0 Å². The van der Waals surface area contributed by atoms with Crippen molar-refractivity contribution in [1.29, 1.82) is 0 Å². The first-order valence-electron chi connectivity index (χ1n) is 7.29. The molecule has 122 valence electrons. The maximum atomic E-state index is 12.1. The number of hydrogen-bond donors (Lipinski definition) is 1. The van der Waals surface area contributed by atoms with E-state index in [0.717, 1.165) is 0 Å². The number of carbonyl (C=O) groups is 2. The summed E-state index contributed by atoms with van der Waals surface area (Å²) >= 11 is 0. The quantitative estimate of drug-likeness (QED) is 0.862. The third-order valence-corrected chi connectivity index (χ3v) is 4.11. The van der Waals surface area contributed by atoms with Crippen molar-refractivity contribution in [3.8, 4) is 0 Å². The summed E-state index contributed by atoms with van der Waals surface area (Å²) in [4.78, 5) is 24.0. The zero-order valence-electron chi connectivity index (χ0n) is 13.2. The third-order valence-electron chi connectivity index (χ3n) is 4.11. The van der Waals surface area contributed by atoms with Crippen LogP contribution in [0.25, 0.3) is 0 Å². The summed E-state index contributed by atoms with van der Waals surface area (Å²) in [6.07, 6.45) is 1.11. The van der Waals surface area contributed by atoms with Crippen LogP contribution < -0.4 is 0 Å². The van der Waals surface area contributed by atoms with E-state index in [2.05, 4.69) is 6.58 Å². The first-order valence-corrected chi connectivity index (χ1v) is 7.29. The smallest absolute Gasteiger partial charge is 0.314 e. The minimum Gasteiger partial charge on any atom is -0.469 e. The van der Waals surface area contributed by atoms with Gasteiger partial charge >= 0.3 is 11.9 Å². The van der Waals surface area contributed by atoms with Crippen LogP contribution >= 0.6 is 0 Å². The zero-order valence-corrected chi connectivity index (χ0v) is 13.2. The highest BCUT2D eigenvalue weighted by atomic mass is 16.5. The summed E-state index contributed by atoms with van der Waals surface area (Å²) < 4.78 is 9.57. The van der Waals surface area contributed by atoms with Gasteiger partial charge in [-0.05, 0) is 23.1 Å². The van der Waals surface area contributed by atoms with Gasteiger partial charge in [0.2, 0.25) is 0 Å². The topological polar surface area (TPSA) is 72.8 Å². The lowest BCUT2D eigenvalue weighted by molar-refractivity contribution is -0.156. The fraction of sp³-hybridized carbons (Fsp3) is 0.333. The number of benzene rings is 1. The minimum atomic E-state index is -0.908. The van der Waals surface area contributed by atoms with Crippen LogP contribution in [0.1, 0.15) is 18.1 Å². The van der Waals surface area contributed by atoms with Crippen LogP contribution in [0.5, 0.6) is 0 Å². The van der Waals surface area contributed by atoms with Gasteiger partial charge in [0.1, 0.15) is 6.10 Å². The number of aliphatic hydroxyl groups excluding tert-OH is 1. The van der Waals surface area contributed by atoms with E-state index in [1.165, 1.54) is 14.2 Å². The molecule has 0 fully saturated rings. The van der Waals surface area contributed by atoms with Crippen molar-refractivity contribution < 1.29 is 24.2 Å². The first-order chi connectivity index (χ1) is 11.0. The molecule has 0 heterocycles. The van der Waals surface area contributed by atoms with Crippen LogP contribution in [0.4, 0.5) is 0 Å². The Morgan fingerprint density at radius 2 is 1.78 bits per heavy atom. The molecule has 0 amide bonds. The fourth-order valence-electron chi connectivity index (χ4n) is 2.86. The van der Waals surface area contributed by atoms with Gasteiger partial charge < -0.3 is 14.6 Å². The van der Waals surface area contributed by atoms with Crippen LogP contribution in [0.15, 0.2) is 54.1 Å². The van der Waals surface area contributed by atoms with Gasteiger partial charge in [0.25, 0.3) is 0 Å². The molecule has 3 atom stereocenters. The lowest BCUT2D eigenvalue weighted by Gasteiger charge is -2.31. The second kappa shape index (κ2) is 7.24. The predicted octanol–water partition coefficient (Wildman–Crippen LogP) is 2.18. The number of allylic oxidation sites excluding steroid dienone is 1. The summed E-state index contributed by atoms with van der Waals surface area (Å²) in [5.41, 5.74) is 1.61. The lowest BCUT2D eigenvalue weighted by atomic mass is 9.74. The van der Waals surface area contributed by atoms with Crippen LogP contribution in [-0.4, -0.2) is 31.3 Å². The van der Waals surface area contributed by atoms with E-state index in [0.29, 0.717) is 16.7 Å². The largest absolute Gasteiger partial charge is 0.469 e. The van der Waals surface area contributed by atoms with Crippen LogP contribution in [0, 0.1) is 11.8 Å². The number of carbonyl (C=O) groups excluding carboxylic acids is 2. The Morgan fingerprint density at radius 3 is 2.35 bits per heavy atom. The van der Waals surface area contributed by atoms with Gasteiger partial charge in [0, 0.05) is 0 Å². The van der Waals surface area contributed by atoms with Crippen molar-refractivity contribution in [3.05, 3.63) is 59.7 Å². The van der Waals surface area contributed by atoms with E-state index in [4.69, 9.17) is 9.47 Å². The molecule has 0 aliphatic heterocycles. The molecular formula is C18H20O5. The van der Waals surface area contributed by atoms with Gasteiger partial charge in [-0.15, -0.1) is 0 Å². The normalized spacial score (nSPS) is 22.0. The number of methoxy groups -OCH3 is 2. The van der Waals surface area contributed by atoms with E-state index >= 15 is 0 Å². The van der Waals surface area contributed by atoms with E-state index in [-0.39, 0.29) is 6.42 Å². The maximum absolute atomic E-state index is 12.1. The molecule has 0 spiro atoms. The molecule has 0 saturated carbocycles. The van der Waals surface area contributed by atoms with E-state index < -0.39 is 29.9 Å². The maximum Gasteiger partial charge on any atom is 0.314 e. The van der Waals surface area contributed by atoms with Gasteiger partial charge in [0.05, 0.1) is 26.1 Å². The minimum absolute atomic E-state index is 0.282. The first kappa shape index (κ1) is 17.0. The highest BCUT2D eigenvalue weighted by molar-refractivity contribution is 5.86. The van der Waals surface area contributed by atoms with E-state index in [9.17, 15) is 14.7 Å². The second-order valence-electron chi connectivity index (χ2n) is 5.36. The molecule has 1 aromatic rings. The molecule has 1 aliphatic rings. The van der Waals surface area contributed by atoms with Crippen LogP contribution in [-0.2, 0) is 19.1 Å². The number of rotatable bonds is 4. The van der Waals surface area contributed by atoms with Gasteiger partial charge in [0.15, 0.2) is 0 Å². The predicted molar refractivity (Wildman–Crippen MR) is 84.3 cm³/mol. The van der Waals surface area contributed by atoms with Crippen LogP contribution in [0.3, 0.4) is 0 Å². The lowest BCUT2D eigenvalue weighted by Crippen LogP contribution is -2.36. The number of esters is 2. The van der Waals surface area contributed by atoms with Crippen molar-refractivity contribution in [2.45, 2.75) is 12.5 Å². The average molecular weight is 316 g/mol. The molecule has 1 aliphatic carbocycles. The molecule has 3 unspecified atom stereocenters. The number of hydrogen-bond acceptors (Lipinski definition) is 5. The molecule has 0 bridgehead atoms. The summed E-state index contributed by atoms with van der Waals surface area (Å²) in [7, 11) is 2.53. The molecule has 2 rings (SSSR count). The standard InChI is InChI=1S/C18H20O5/c1-11-13(16(19)12-7-5-4-6-8-12)9-10-14(17(20)22-2)15(11)18(21)23-3/h4-9,14-16,19H,1,10H2,2-3H3. The number of ether oxygens (including phenoxy) is 2. The Hall–Kier alpha value is -2.40. The SMILES string of the molecule is C=C1C(C(O)c2ccccc2)=CCC(C(=O)OC)C1C(=O)OC. The van der Waals surface area contributed by atoms with Crippen molar-refractivity contribution in [3.63, 3.8) is 0 Å². The molecule has 23 heavy (non-hydrogen) atoms. The van der Waals surface area contributed by atoms with E-state index in [1.807, 2.05) is 18.2 Å². The average Bonchev–Trinajstić information content (AvgIpc) is 2.60. The van der Waals surface area contributed by atoms with Crippen LogP contribution in [0.2, 0.25) is 0 Å². The monoisotopic (exact) mass is 316 g/mol. The molecule has 0 saturated heterocycles. The molecule has 0 aromatic heterocycles. The summed E-state index contributed by atoms with van der Waals surface area (Å²) in [6, 6.07) is 9.07. The number of aliphatic hydroxyl groups is 1. The Kier molecular flexibility index (Phi) is 5.34. The highest BCUT2D eigenvalue weighted by Crippen LogP contribution is 2.40. The molecule has 1 N–H and O–H groups in total. The summed E-state index contributed by atoms with van der Waals surface area (Å²) in [6.45, 7) is 3.92. The molecule has 0 radical (unpaired) electrons. The molecule has 5 heteroatoms. The fourth-order valence-corrected chi connectivity index (χ4v) is 2.86. The van der Waals surface area contributed by atoms with Crippen molar-refractivity contribution >= 4 is 11.9 Å².